The van der Waals surface area contributed by atoms with Crippen molar-refractivity contribution in [1.82, 2.24) is 9.80 Å². The van der Waals surface area contributed by atoms with Crippen LogP contribution in [0.3, 0.4) is 0 Å². The van der Waals surface area contributed by atoms with Crippen LogP contribution in [0.4, 0.5) is 5.69 Å². The number of piperazine rings is 1. The Kier molecular flexibility index (Phi) is 5.62. The van der Waals surface area contributed by atoms with E-state index in [1.54, 1.807) is 41.3 Å². The number of anilines is 1. The van der Waals surface area contributed by atoms with Crippen LogP contribution in [0.1, 0.15) is 18.4 Å². The number of rotatable bonds is 4. The van der Waals surface area contributed by atoms with Gasteiger partial charge in [-0.1, -0.05) is 41.9 Å². The first-order valence-corrected chi connectivity index (χ1v) is 10.6. The van der Waals surface area contributed by atoms with Crippen molar-refractivity contribution in [2.24, 2.45) is 0 Å². The number of benzene rings is 2. The molecule has 8 heteroatoms. The van der Waals surface area contributed by atoms with Gasteiger partial charge in [-0.2, -0.15) is 0 Å². The second-order valence-electron chi connectivity index (χ2n) is 8.03. The van der Waals surface area contributed by atoms with Crippen molar-refractivity contribution < 1.29 is 19.5 Å². The highest BCUT2D eigenvalue weighted by Crippen LogP contribution is 2.42. The summed E-state index contributed by atoms with van der Waals surface area (Å²) in [6, 6.07) is 14.0. The lowest BCUT2D eigenvalue weighted by Crippen LogP contribution is -2.51. The predicted molar refractivity (Wildman–Crippen MR) is 117 cm³/mol. The molecule has 2 aliphatic rings. The van der Waals surface area contributed by atoms with Gasteiger partial charge < -0.3 is 14.9 Å². The molecule has 2 aromatic rings. The minimum absolute atomic E-state index is 0.0738. The molecule has 0 saturated carbocycles. The van der Waals surface area contributed by atoms with Gasteiger partial charge in [-0.25, -0.2) is 0 Å². The molecule has 2 aromatic carbocycles. The predicted octanol–water partition coefficient (Wildman–Crippen LogP) is 2.41. The van der Waals surface area contributed by atoms with Crippen LogP contribution < -0.4 is 4.90 Å². The molecule has 1 atom stereocenters. The van der Waals surface area contributed by atoms with Gasteiger partial charge in [0.15, 0.2) is 0 Å². The molecule has 2 fully saturated rings. The minimum Gasteiger partial charge on any atom is -0.506 e. The van der Waals surface area contributed by atoms with Crippen LogP contribution >= 0.6 is 11.6 Å². The molecule has 2 heterocycles. The molecule has 0 bridgehead atoms. The topological polar surface area (TPSA) is 81.2 Å². The van der Waals surface area contributed by atoms with E-state index >= 15 is 0 Å². The monoisotopic (exact) mass is 441 g/mol. The van der Waals surface area contributed by atoms with E-state index < -0.39 is 11.3 Å². The van der Waals surface area contributed by atoms with E-state index in [4.69, 9.17) is 11.6 Å². The number of likely N-dealkylation sites (N-methyl/N-ethyl adjacent to an activating group) is 1. The third kappa shape index (κ3) is 3.74. The maximum Gasteiger partial charge on any atom is 0.240 e. The summed E-state index contributed by atoms with van der Waals surface area (Å²) in [5.41, 5.74) is -0.0308. The average Bonchev–Trinajstić information content (AvgIpc) is 2.98. The number of aromatic hydroxyl groups is 1. The first-order chi connectivity index (χ1) is 14.8. The van der Waals surface area contributed by atoms with Crippen molar-refractivity contribution in [3.05, 3.63) is 59.1 Å². The average molecular weight is 442 g/mol. The molecule has 0 aliphatic carbocycles. The van der Waals surface area contributed by atoms with Crippen LogP contribution in [0.25, 0.3) is 0 Å². The molecule has 2 aliphatic heterocycles. The molecule has 31 heavy (non-hydrogen) atoms. The van der Waals surface area contributed by atoms with Crippen LogP contribution in [0.5, 0.6) is 5.75 Å². The van der Waals surface area contributed by atoms with Crippen LogP contribution in [-0.2, 0) is 19.8 Å². The molecule has 0 radical (unpaired) electrons. The molecular weight excluding hydrogens is 418 g/mol. The Morgan fingerprint density at radius 2 is 1.68 bits per heavy atom. The molecule has 3 amide bonds. The van der Waals surface area contributed by atoms with E-state index in [2.05, 4.69) is 0 Å². The fourth-order valence-electron chi connectivity index (χ4n) is 4.48. The summed E-state index contributed by atoms with van der Waals surface area (Å²) in [5.74, 6) is -0.694. The van der Waals surface area contributed by atoms with Crippen molar-refractivity contribution in [3.63, 3.8) is 0 Å². The zero-order valence-electron chi connectivity index (χ0n) is 17.3. The number of carbonyl (C=O) groups excluding carboxylic acids is 3. The largest absolute Gasteiger partial charge is 0.506 e. The molecule has 7 nitrogen and oxygen atoms in total. The minimum atomic E-state index is -1.28. The van der Waals surface area contributed by atoms with E-state index in [0.29, 0.717) is 36.8 Å². The number of phenols is 1. The second kappa shape index (κ2) is 8.23. The smallest absolute Gasteiger partial charge is 0.240 e. The number of para-hydroxylation sites is 2. The van der Waals surface area contributed by atoms with Gasteiger partial charge in [-0.15, -0.1) is 0 Å². The van der Waals surface area contributed by atoms with Crippen molar-refractivity contribution in [2.75, 3.05) is 38.1 Å². The number of hydrogen-bond donors (Lipinski definition) is 1. The molecule has 0 unspecified atom stereocenters. The number of likely N-dealkylation sites (tertiary alicyclic amines) is 1. The SMILES string of the molecule is CN1C(=O)C[C@](CC(=O)N2CCN(c3ccccc3O)CC2)(c2ccccc2Cl)C1=O. The van der Waals surface area contributed by atoms with Crippen LogP contribution in [0.15, 0.2) is 48.5 Å². The summed E-state index contributed by atoms with van der Waals surface area (Å²) in [6.07, 6.45) is -0.183. The van der Waals surface area contributed by atoms with Gasteiger partial charge >= 0.3 is 0 Å². The summed E-state index contributed by atoms with van der Waals surface area (Å²) < 4.78 is 0. The molecule has 2 saturated heterocycles. The highest BCUT2D eigenvalue weighted by atomic mass is 35.5. The van der Waals surface area contributed by atoms with Gasteiger partial charge in [0.05, 0.1) is 11.1 Å². The lowest BCUT2D eigenvalue weighted by molar-refractivity contribution is -0.141. The number of amides is 3. The van der Waals surface area contributed by atoms with Gasteiger partial charge in [0.1, 0.15) is 5.75 Å². The maximum absolute atomic E-state index is 13.2. The highest BCUT2D eigenvalue weighted by Gasteiger charge is 2.53. The Balaban J connectivity index is 1.53. The Hall–Kier alpha value is -3.06. The standard InChI is InChI=1S/C23H24ClN3O4/c1-25-20(29)14-23(22(25)31,16-6-2-3-7-17(16)24)15-21(30)27-12-10-26(11-13-27)18-8-4-5-9-19(18)28/h2-9,28H,10-15H2,1H3/t23-/m0/s1. The summed E-state index contributed by atoms with van der Waals surface area (Å²) in [5, 5.41) is 10.5. The van der Waals surface area contributed by atoms with E-state index in [9.17, 15) is 19.5 Å². The van der Waals surface area contributed by atoms with Gasteiger partial charge in [-0.3, -0.25) is 19.3 Å². The van der Waals surface area contributed by atoms with Crippen molar-refractivity contribution in [1.29, 1.82) is 0 Å². The molecule has 0 aromatic heterocycles. The summed E-state index contributed by atoms with van der Waals surface area (Å²) in [7, 11) is 1.44. The number of imide groups is 1. The summed E-state index contributed by atoms with van der Waals surface area (Å²) in [4.78, 5) is 43.6. The fraction of sp³-hybridized carbons (Fsp3) is 0.348. The lowest BCUT2D eigenvalue weighted by atomic mass is 9.75. The summed E-state index contributed by atoms with van der Waals surface area (Å²) >= 11 is 6.39. The van der Waals surface area contributed by atoms with Crippen LogP contribution in [-0.4, -0.2) is 65.9 Å². The molecule has 4 rings (SSSR count). The zero-order valence-corrected chi connectivity index (χ0v) is 18.0. The number of hydrogen-bond acceptors (Lipinski definition) is 5. The van der Waals surface area contributed by atoms with Crippen molar-refractivity contribution in [3.8, 4) is 5.75 Å². The number of carbonyl (C=O) groups is 3. The van der Waals surface area contributed by atoms with Gasteiger partial charge in [-0.05, 0) is 23.8 Å². The van der Waals surface area contributed by atoms with E-state index in [-0.39, 0.29) is 30.4 Å². The van der Waals surface area contributed by atoms with E-state index in [0.717, 1.165) is 10.6 Å². The third-order valence-electron chi connectivity index (χ3n) is 6.24. The number of halogens is 1. The van der Waals surface area contributed by atoms with E-state index in [1.165, 1.54) is 7.05 Å². The van der Waals surface area contributed by atoms with Gasteiger partial charge in [0, 0.05) is 51.1 Å². The lowest BCUT2D eigenvalue weighted by Gasteiger charge is -2.38. The first-order valence-electron chi connectivity index (χ1n) is 10.2. The first kappa shape index (κ1) is 21.2. The Morgan fingerprint density at radius 1 is 1.03 bits per heavy atom. The molecule has 162 valence electrons. The number of phenolic OH excluding ortho intramolecular Hbond substituents is 1. The Morgan fingerprint density at radius 3 is 2.29 bits per heavy atom. The van der Waals surface area contributed by atoms with Crippen LogP contribution in [0.2, 0.25) is 5.02 Å². The zero-order chi connectivity index (χ0) is 22.2. The Labute approximate surface area is 185 Å². The molecule has 1 N–H and O–H groups in total. The van der Waals surface area contributed by atoms with Crippen molar-refractivity contribution >= 4 is 35.0 Å². The quantitative estimate of drug-likeness (QED) is 0.737. The molecule has 0 spiro atoms. The number of nitrogens with zero attached hydrogens (tertiary/aromatic N) is 3. The second-order valence-corrected chi connectivity index (χ2v) is 8.44. The van der Waals surface area contributed by atoms with Gasteiger partial charge in [0.25, 0.3) is 0 Å². The maximum atomic E-state index is 13.2. The Bertz CT molecular complexity index is 1030. The van der Waals surface area contributed by atoms with Crippen molar-refractivity contribution in [2.45, 2.75) is 18.3 Å². The highest BCUT2D eigenvalue weighted by molar-refractivity contribution is 6.32. The molecular formula is C23H24ClN3O4. The van der Waals surface area contributed by atoms with E-state index in [1.807, 2.05) is 17.0 Å². The summed E-state index contributed by atoms with van der Waals surface area (Å²) in [6.45, 7) is 2.05. The normalized spacial score (nSPS) is 21.7. The third-order valence-corrected chi connectivity index (χ3v) is 6.57. The fourth-order valence-corrected chi connectivity index (χ4v) is 4.79. The van der Waals surface area contributed by atoms with Gasteiger partial charge in [0.2, 0.25) is 17.7 Å². The van der Waals surface area contributed by atoms with Crippen LogP contribution in [0, 0.1) is 0 Å².